The summed E-state index contributed by atoms with van der Waals surface area (Å²) >= 11 is 0. The van der Waals surface area contributed by atoms with E-state index in [2.05, 4.69) is 45.8 Å². The topological polar surface area (TPSA) is 93.6 Å². The van der Waals surface area contributed by atoms with Crippen molar-refractivity contribution in [1.29, 1.82) is 0 Å². The molecule has 1 radical (unpaired) electrons. The minimum absolute atomic E-state index is 0.0549. The molecule has 0 spiro atoms. The number of pyridine rings is 1. The first kappa shape index (κ1) is 33.6. The highest BCUT2D eigenvalue weighted by Crippen LogP contribution is 2.40. The summed E-state index contributed by atoms with van der Waals surface area (Å²) in [5.41, 5.74) is 8.24. The first-order chi connectivity index (χ1) is 23.3. The van der Waals surface area contributed by atoms with Crippen LogP contribution in [-0.4, -0.2) is 74.7 Å². The molecule has 0 fully saturated rings. The van der Waals surface area contributed by atoms with E-state index >= 15 is 0 Å². The van der Waals surface area contributed by atoms with Gasteiger partial charge < -0.3 is 38.4 Å². The molecule has 2 aliphatic rings. The first-order valence-electron chi connectivity index (χ1n) is 16.4. The van der Waals surface area contributed by atoms with Crippen molar-refractivity contribution < 1.29 is 28.8 Å². The third-order valence-electron chi connectivity index (χ3n) is 9.57. The van der Waals surface area contributed by atoms with Crippen molar-refractivity contribution in [3.63, 3.8) is 0 Å². The third-order valence-corrected chi connectivity index (χ3v) is 9.57. The Morgan fingerprint density at radius 2 is 1.52 bits per heavy atom. The lowest BCUT2D eigenvalue weighted by Crippen LogP contribution is -2.45. The van der Waals surface area contributed by atoms with Gasteiger partial charge in [-0.05, 0) is 110 Å². The molecule has 6 rings (SSSR count). The normalized spacial score (nSPS) is 17.5. The minimum atomic E-state index is -0.548. The van der Waals surface area contributed by atoms with Crippen molar-refractivity contribution in [3.8, 4) is 28.9 Å². The Bertz CT molecular complexity index is 1750. The molecule has 11 heteroatoms. The highest BCUT2D eigenvalue weighted by atomic mass is 16.5. The van der Waals surface area contributed by atoms with Gasteiger partial charge in [0.25, 0.3) is 7.41 Å². The summed E-state index contributed by atoms with van der Waals surface area (Å²) in [5.74, 6) is 3.00. The highest BCUT2D eigenvalue weighted by Gasteiger charge is 2.32. The van der Waals surface area contributed by atoms with Gasteiger partial charge in [0, 0.05) is 24.3 Å². The van der Waals surface area contributed by atoms with Crippen molar-refractivity contribution in [2.45, 2.75) is 51.5 Å². The molecule has 9 nitrogen and oxygen atoms in total. The van der Waals surface area contributed by atoms with Crippen LogP contribution in [0.15, 0.2) is 66.9 Å². The molecule has 0 unspecified atom stereocenters. The van der Waals surface area contributed by atoms with Crippen LogP contribution < -0.4 is 18.9 Å². The lowest BCUT2D eigenvalue weighted by Gasteiger charge is -2.38. The molecular formula is C37H42B2N3O6. The fourth-order valence-electron chi connectivity index (χ4n) is 7.14. The average Bonchev–Trinajstić information content (AvgIpc) is 3.09. The van der Waals surface area contributed by atoms with E-state index < -0.39 is 7.05 Å². The van der Waals surface area contributed by atoms with Gasteiger partial charge in [0.1, 0.15) is 0 Å². The predicted octanol–water partition coefficient (Wildman–Crippen LogP) is 5.41. The molecule has 0 bridgehead atoms. The summed E-state index contributed by atoms with van der Waals surface area (Å²) in [6.07, 6.45) is 5.75. The molecule has 3 aromatic carbocycles. The Hall–Kier alpha value is -4.31. The number of ether oxygens (including phenoxy) is 4. The van der Waals surface area contributed by atoms with Crippen LogP contribution >= 0.6 is 0 Å². The van der Waals surface area contributed by atoms with Crippen LogP contribution in [0, 0.1) is 6.92 Å². The van der Waals surface area contributed by atoms with Gasteiger partial charge in [-0.25, -0.2) is 4.98 Å². The van der Waals surface area contributed by atoms with E-state index in [1.54, 1.807) is 28.7 Å². The second-order valence-electron chi connectivity index (χ2n) is 12.5. The number of carbonyl (C=O) groups excluding carboxylic acids is 1. The van der Waals surface area contributed by atoms with Crippen LogP contribution in [0.4, 0.5) is 0 Å². The molecule has 3 heterocycles. The highest BCUT2D eigenvalue weighted by molar-refractivity contribution is 6.64. The van der Waals surface area contributed by atoms with Crippen molar-refractivity contribution >= 4 is 20.7 Å². The van der Waals surface area contributed by atoms with E-state index in [1.165, 1.54) is 22.3 Å². The fraction of sp³-hybridized carbons (Fsp3) is 0.351. The lowest BCUT2D eigenvalue weighted by atomic mass is 9.76. The SMILES string of the molecule is COc1cc2c(cc1OC)[C@@H](Cc1ccc(Oc3ccc(C[C@@H]4c5ccc(C)cc5CCN4B(C)O)cc3OC)nc1)N([B]C=O)CC2. The molecular weight excluding hydrogens is 604 g/mol. The lowest BCUT2D eigenvalue weighted by molar-refractivity contribution is 0.270. The van der Waals surface area contributed by atoms with Gasteiger partial charge in [-0.15, -0.1) is 0 Å². The van der Waals surface area contributed by atoms with Crippen molar-refractivity contribution in [2.75, 3.05) is 34.4 Å². The maximum Gasteiger partial charge on any atom is 0.376 e. The standard InChI is InChI=1S/C37H42B2N3O6/c1-24-6-9-29-27(16-24)13-15-42(39(2)44)32(29)17-25-7-10-33(34(19-25)45-3)48-37-11-8-26(22-40-37)18-31-30-21-36(47-5)35(46-4)20-28(30)12-14-41(31)38-23-43/h6-11,16,19-23,31-32,44H,12-15,17-18H2,1-5H3/t31-,32-/m1/s1. The monoisotopic (exact) mass is 646 g/mol. The van der Waals surface area contributed by atoms with Crippen LogP contribution in [0.2, 0.25) is 6.82 Å². The number of hydrogen-bond acceptors (Lipinski definition) is 9. The molecule has 1 aromatic heterocycles. The van der Waals surface area contributed by atoms with E-state index in [9.17, 15) is 9.82 Å². The van der Waals surface area contributed by atoms with E-state index in [4.69, 9.17) is 18.9 Å². The van der Waals surface area contributed by atoms with Crippen LogP contribution in [0.25, 0.3) is 0 Å². The first-order valence-corrected chi connectivity index (χ1v) is 16.4. The van der Waals surface area contributed by atoms with Crippen LogP contribution in [0.1, 0.15) is 51.0 Å². The van der Waals surface area contributed by atoms with Gasteiger partial charge in [0.05, 0.1) is 27.5 Å². The maximum absolute atomic E-state index is 11.5. The number of rotatable bonds is 12. The van der Waals surface area contributed by atoms with Crippen molar-refractivity contribution in [1.82, 2.24) is 14.6 Å². The van der Waals surface area contributed by atoms with Crippen LogP contribution in [0.5, 0.6) is 28.9 Å². The Morgan fingerprint density at radius 3 is 2.23 bits per heavy atom. The maximum atomic E-state index is 11.5. The van der Waals surface area contributed by atoms with Gasteiger partial charge in [-0.2, -0.15) is 0 Å². The zero-order valence-electron chi connectivity index (χ0n) is 28.3. The second kappa shape index (κ2) is 14.8. The minimum Gasteiger partial charge on any atom is -0.493 e. The molecule has 1 N–H and O–H groups in total. The number of benzene rings is 3. The molecule has 48 heavy (non-hydrogen) atoms. The predicted molar refractivity (Wildman–Crippen MR) is 188 cm³/mol. The van der Waals surface area contributed by atoms with E-state index in [1.807, 2.05) is 49.4 Å². The molecule has 2 aliphatic heterocycles. The summed E-state index contributed by atoms with van der Waals surface area (Å²) in [4.78, 5) is 20.4. The Kier molecular flexibility index (Phi) is 10.4. The van der Waals surface area contributed by atoms with Crippen LogP contribution in [-0.2, 0) is 30.5 Å². The second-order valence-corrected chi connectivity index (χ2v) is 12.5. The summed E-state index contributed by atoms with van der Waals surface area (Å²) in [6, 6.07) is 20.5. The van der Waals surface area contributed by atoms with Crippen LogP contribution in [0.3, 0.4) is 0 Å². The number of nitrogens with zero attached hydrogens (tertiary/aromatic N) is 3. The Labute approximate surface area is 284 Å². The third kappa shape index (κ3) is 7.09. The summed E-state index contributed by atoms with van der Waals surface area (Å²) in [7, 11) is 5.97. The zero-order valence-corrected chi connectivity index (χ0v) is 28.3. The zero-order chi connectivity index (χ0) is 33.8. The Balaban J connectivity index is 1.19. The van der Waals surface area contributed by atoms with E-state index in [0.29, 0.717) is 35.3 Å². The summed E-state index contributed by atoms with van der Waals surface area (Å²) < 4.78 is 23.1. The largest absolute Gasteiger partial charge is 0.493 e. The quantitative estimate of drug-likeness (QED) is 0.160. The number of methoxy groups -OCH3 is 3. The number of aryl methyl sites for hydroxylation is 1. The van der Waals surface area contributed by atoms with Crippen molar-refractivity contribution in [3.05, 3.63) is 106 Å². The van der Waals surface area contributed by atoms with Crippen molar-refractivity contribution in [2.24, 2.45) is 0 Å². The molecule has 0 saturated carbocycles. The van der Waals surface area contributed by atoms with E-state index in [0.717, 1.165) is 55.2 Å². The number of aromatic nitrogens is 1. The van der Waals surface area contributed by atoms with Gasteiger partial charge in [0.2, 0.25) is 5.88 Å². The average molecular weight is 646 g/mol. The molecule has 2 atom stereocenters. The molecule has 4 aromatic rings. The van der Waals surface area contributed by atoms with Gasteiger partial charge in [0.15, 0.2) is 23.0 Å². The molecule has 0 amide bonds. The fourth-order valence-corrected chi connectivity index (χ4v) is 7.14. The number of fused-ring (bicyclic) bond motifs is 2. The molecule has 247 valence electrons. The molecule has 0 saturated heterocycles. The number of carbonyl (C=O) groups is 1. The smallest absolute Gasteiger partial charge is 0.376 e. The van der Waals surface area contributed by atoms with Gasteiger partial charge >= 0.3 is 7.05 Å². The van der Waals surface area contributed by atoms with E-state index in [-0.39, 0.29) is 12.1 Å². The summed E-state index contributed by atoms with van der Waals surface area (Å²) in [6.45, 7) is 5.49. The van der Waals surface area contributed by atoms with Gasteiger partial charge in [-0.1, -0.05) is 35.9 Å². The molecule has 0 aliphatic carbocycles. The summed E-state index contributed by atoms with van der Waals surface area (Å²) in [5, 5.41) is 10.6. The van der Waals surface area contributed by atoms with Gasteiger partial charge in [-0.3, -0.25) is 0 Å². The number of hydrogen-bond donors (Lipinski definition) is 1. The Morgan fingerprint density at radius 1 is 0.833 bits per heavy atom.